The molecule has 0 aliphatic carbocycles. The van der Waals surface area contributed by atoms with Crippen LogP contribution < -0.4 is 10.1 Å². The number of thiophene rings is 1. The summed E-state index contributed by atoms with van der Waals surface area (Å²) in [7, 11) is 1.60. The molecule has 0 bridgehead atoms. The molecular weight excluding hydrogens is 338 g/mol. The quantitative estimate of drug-likeness (QED) is 0.824. The minimum Gasteiger partial charge on any atom is -0.480 e. The Morgan fingerprint density at radius 3 is 2.75 bits per heavy atom. The van der Waals surface area contributed by atoms with Gasteiger partial charge in [0.25, 0.3) is 0 Å². The Balaban J connectivity index is 2.15. The van der Waals surface area contributed by atoms with E-state index in [0.29, 0.717) is 5.88 Å². The van der Waals surface area contributed by atoms with Crippen molar-refractivity contribution in [2.75, 3.05) is 13.7 Å². The van der Waals surface area contributed by atoms with E-state index in [1.807, 2.05) is 12.1 Å². The molecule has 4 nitrogen and oxygen atoms in total. The zero-order chi connectivity index (χ0) is 14.4. The molecule has 1 atom stereocenters. The van der Waals surface area contributed by atoms with Gasteiger partial charge in [0.05, 0.1) is 18.8 Å². The fourth-order valence-corrected chi connectivity index (χ4v) is 3.44. The van der Waals surface area contributed by atoms with Crippen molar-refractivity contribution in [3.63, 3.8) is 0 Å². The van der Waals surface area contributed by atoms with Crippen molar-refractivity contribution >= 4 is 27.3 Å². The van der Waals surface area contributed by atoms with E-state index >= 15 is 0 Å². The summed E-state index contributed by atoms with van der Waals surface area (Å²) in [5, 5.41) is 13.9. The molecule has 2 aromatic heterocycles. The summed E-state index contributed by atoms with van der Waals surface area (Å²) in [6, 6.07) is 6.08. The smallest absolute Gasteiger partial charge is 0.233 e. The van der Waals surface area contributed by atoms with E-state index in [2.05, 4.69) is 49.8 Å². The standard InChI is InChI=1S/C14H18BrN3OS/c1-3-7-16-12(9-13-10(15)6-8-20-13)11-4-5-14(19-2)18-17-11/h4-6,8,12,16H,3,7,9H2,1-2H3. The number of methoxy groups -OCH3 is 1. The summed E-state index contributed by atoms with van der Waals surface area (Å²) < 4.78 is 6.22. The zero-order valence-electron chi connectivity index (χ0n) is 11.6. The zero-order valence-corrected chi connectivity index (χ0v) is 14.0. The van der Waals surface area contributed by atoms with Crippen molar-refractivity contribution < 1.29 is 4.74 Å². The second-order valence-corrected chi connectivity index (χ2v) is 6.26. The van der Waals surface area contributed by atoms with Crippen LogP contribution in [0.3, 0.4) is 0 Å². The van der Waals surface area contributed by atoms with Gasteiger partial charge in [-0.1, -0.05) is 6.92 Å². The first-order valence-electron chi connectivity index (χ1n) is 6.57. The Kier molecular flexibility index (Phi) is 5.94. The second kappa shape index (κ2) is 7.71. The molecule has 0 fully saturated rings. The highest BCUT2D eigenvalue weighted by Gasteiger charge is 2.16. The number of nitrogens with one attached hydrogen (secondary N) is 1. The van der Waals surface area contributed by atoms with Crippen molar-refractivity contribution in [2.45, 2.75) is 25.8 Å². The summed E-state index contributed by atoms with van der Waals surface area (Å²) in [6.45, 7) is 3.12. The first-order valence-corrected chi connectivity index (χ1v) is 8.24. The maximum atomic E-state index is 5.06. The van der Waals surface area contributed by atoms with Crippen LogP contribution >= 0.6 is 27.3 Å². The number of ether oxygens (including phenoxy) is 1. The van der Waals surface area contributed by atoms with Crippen LogP contribution in [0.5, 0.6) is 5.88 Å². The average Bonchev–Trinajstić information content (AvgIpc) is 2.89. The van der Waals surface area contributed by atoms with Gasteiger partial charge in [-0.2, -0.15) is 5.10 Å². The van der Waals surface area contributed by atoms with Crippen LogP contribution in [-0.2, 0) is 6.42 Å². The topological polar surface area (TPSA) is 47.0 Å². The largest absolute Gasteiger partial charge is 0.480 e. The van der Waals surface area contributed by atoms with Gasteiger partial charge < -0.3 is 10.1 Å². The van der Waals surface area contributed by atoms with Gasteiger partial charge >= 0.3 is 0 Å². The molecule has 0 radical (unpaired) electrons. The second-order valence-electron chi connectivity index (χ2n) is 4.40. The number of hydrogen-bond donors (Lipinski definition) is 1. The lowest BCUT2D eigenvalue weighted by atomic mass is 10.1. The van der Waals surface area contributed by atoms with Crippen molar-refractivity contribution in [2.24, 2.45) is 0 Å². The number of hydrogen-bond acceptors (Lipinski definition) is 5. The highest BCUT2D eigenvalue weighted by molar-refractivity contribution is 9.10. The van der Waals surface area contributed by atoms with Crippen LogP contribution in [0.15, 0.2) is 28.1 Å². The Hall–Kier alpha value is -0.980. The van der Waals surface area contributed by atoms with Gasteiger partial charge in [-0.25, -0.2) is 0 Å². The van der Waals surface area contributed by atoms with Gasteiger partial charge in [-0.15, -0.1) is 16.4 Å². The van der Waals surface area contributed by atoms with Gasteiger partial charge in [-0.3, -0.25) is 0 Å². The first-order chi connectivity index (χ1) is 9.74. The van der Waals surface area contributed by atoms with Crippen LogP contribution in [0, 0.1) is 0 Å². The van der Waals surface area contributed by atoms with Crippen molar-refractivity contribution in [1.82, 2.24) is 15.5 Å². The summed E-state index contributed by atoms with van der Waals surface area (Å²) >= 11 is 5.34. The molecule has 2 rings (SSSR count). The minimum atomic E-state index is 0.170. The van der Waals surface area contributed by atoms with E-state index in [1.54, 1.807) is 18.4 Å². The SMILES string of the molecule is CCCNC(Cc1sccc1Br)c1ccc(OC)nn1. The molecule has 108 valence electrons. The van der Waals surface area contributed by atoms with Crippen molar-refractivity contribution in [3.8, 4) is 5.88 Å². The molecule has 0 saturated heterocycles. The maximum Gasteiger partial charge on any atom is 0.233 e. The van der Waals surface area contributed by atoms with Crippen LogP contribution in [-0.4, -0.2) is 23.9 Å². The highest BCUT2D eigenvalue weighted by Crippen LogP contribution is 2.27. The van der Waals surface area contributed by atoms with Gasteiger partial charge in [0.15, 0.2) is 0 Å². The summed E-state index contributed by atoms with van der Waals surface area (Å²) in [4.78, 5) is 1.32. The molecule has 0 aromatic carbocycles. The third-order valence-corrected chi connectivity index (χ3v) is 4.90. The third kappa shape index (κ3) is 4.01. The van der Waals surface area contributed by atoms with Gasteiger partial charge in [-0.05, 0) is 46.4 Å². The monoisotopic (exact) mass is 355 g/mol. The molecule has 0 aliphatic heterocycles. The fourth-order valence-electron chi connectivity index (χ4n) is 1.88. The number of nitrogens with zero attached hydrogens (tertiary/aromatic N) is 2. The lowest BCUT2D eigenvalue weighted by Gasteiger charge is -2.17. The van der Waals surface area contributed by atoms with Crippen molar-refractivity contribution in [3.05, 3.63) is 38.6 Å². The van der Waals surface area contributed by atoms with Crippen LogP contribution in [0.2, 0.25) is 0 Å². The summed E-state index contributed by atoms with van der Waals surface area (Å²) in [5.41, 5.74) is 0.944. The van der Waals surface area contributed by atoms with Gasteiger partial charge in [0.2, 0.25) is 5.88 Å². The number of halogens is 1. The molecule has 1 N–H and O–H groups in total. The van der Waals surface area contributed by atoms with Crippen molar-refractivity contribution in [1.29, 1.82) is 0 Å². The molecule has 0 aliphatic rings. The lowest BCUT2D eigenvalue weighted by Crippen LogP contribution is -2.25. The van der Waals surface area contributed by atoms with Crippen LogP contribution in [0.25, 0.3) is 0 Å². The molecule has 2 heterocycles. The average molecular weight is 356 g/mol. The van der Waals surface area contributed by atoms with E-state index in [4.69, 9.17) is 4.74 Å². The molecule has 2 aromatic rings. The van der Waals surface area contributed by atoms with E-state index in [1.165, 1.54) is 4.88 Å². The Morgan fingerprint density at radius 2 is 2.20 bits per heavy atom. The van der Waals surface area contributed by atoms with Crippen LogP contribution in [0.4, 0.5) is 0 Å². The first kappa shape index (κ1) is 15.4. The molecule has 6 heteroatoms. The molecule has 0 amide bonds. The van der Waals surface area contributed by atoms with Crippen LogP contribution in [0.1, 0.15) is 30.0 Å². The lowest BCUT2D eigenvalue weighted by molar-refractivity contribution is 0.389. The predicted molar refractivity (Wildman–Crippen MR) is 85.3 cm³/mol. The van der Waals surface area contributed by atoms with Gasteiger partial charge in [0, 0.05) is 21.8 Å². The molecular formula is C14H18BrN3OS. The number of rotatable bonds is 7. The predicted octanol–water partition coefficient (Wildman–Crippen LogP) is 3.59. The molecule has 0 spiro atoms. The highest BCUT2D eigenvalue weighted by atomic mass is 79.9. The van der Waals surface area contributed by atoms with E-state index in [-0.39, 0.29) is 6.04 Å². The Morgan fingerprint density at radius 1 is 1.35 bits per heavy atom. The Labute approximate surface area is 131 Å². The fraction of sp³-hybridized carbons (Fsp3) is 0.429. The van der Waals surface area contributed by atoms with E-state index in [9.17, 15) is 0 Å². The maximum absolute atomic E-state index is 5.06. The van der Waals surface area contributed by atoms with E-state index < -0.39 is 0 Å². The number of aromatic nitrogens is 2. The summed E-state index contributed by atoms with van der Waals surface area (Å²) in [6.07, 6.45) is 1.99. The molecule has 20 heavy (non-hydrogen) atoms. The third-order valence-electron chi connectivity index (χ3n) is 2.95. The Bertz CT molecular complexity index is 529. The minimum absolute atomic E-state index is 0.170. The molecule has 1 unspecified atom stereocenters. The van der Waals surface area contributed by atoms with E-state index in [0.717, 1.165) is 29.6 Å². The van der Waals surface area contributed by atoms with Gasteiger partial charge in [0.1, 0.15) is 0 Å². The molecule has 0 saturated carbocycles. The summed E-state index contributed by atoms with van der Waals surface area (Å²) in [5.74, 6) is 0.542. The normalized spacial score (nSPS) is 12.3.